The number of aliphatic carboxylic acids is 1. The van der Waals surface area contributed by atoms with Gasteiger partial charge in [0.2, 0.25) is 5.91 Å². The molecule has 1 saturated carbocycles. The molecule has 1 aromatic heterocycles. The van der Waals surface area contributed by atoms with E-state index in [-0.39, 0.29) is 18.7 Å². The van der Waals surface area contributed by atoms with Crippen LogP contribution in [0.2, 0.25) is 0 Å². The van der Waals surface area contributed by atoms with Gasteiger partial charge in [0.1, 0.15) is 23.9 Å². The molecule has 0 aliphatic heterocycles. The van der Waals surface area contributed by atoms with Crippen LogP contribution in [0.4, 0.5) is 8.78 Å². The lowest BCUT2D eigenvalue weighted by atomic mass is 9.63. The van der Waals surface area contributed by atoms with Gasteiger partial charge >= 0.3 is 5.97 Å². The van der Waals surface area contributed by atoms with Crippen LogP contribution in [0.5, 0.6) is 0 Å². The molecule has 7 nitrogen and oxygen atoms in total. The number of carbonyl (C=O) groups is 2. The quantitative estimate of drug-likeness (QED) is 0.820. The second kappa shape index (κ2) is 6.58. The minimum Gasteiger partial charge on any atom is -0.480 e. The van der Waals surface area contributed by atoms with E-state index in [1.807, 2.05) is 0 Å². The van der Waals surface area contributed by atoms with E-state index in [2.05, 4.69) is 15.6 Å². The zero-order valence-electron chi connectivity index (χ0n) is 13.2. The minimum absolute atomic E-state index is 0.00370. The van der Waals surface area contributed by atoms with E-state index in [0.29, 0.717) is 25.0 Å². The SMILES string of the molecule is O=C(O)Cn1cc(CNC(=O)C2(c3c(F)cccc3F)CCC2)nn1. The maximum absolute atomic E-state index is 14.1. The van der Waals surface area contributed by atoms with E-state index < -0.39 is 28.9 Å². The molecule has 0 spiro atoms. The van der Waals surface area contributed by atoms with Gasteiger partial charge in [0.05, 0.1) is 18.2 Å². The highest BCUT2D eigenvalue weighted by atomic mass is 19.1. The molecule has 1 amide bonds. The number of nitrogens with zero attached hydrogens (tertiary/aromatic N) is 3. The third-order valence-corrected chi connectivity index (χ3v) is 4.40. The van der Waals surface area contributed by atoms with Crippen LogP contribution in [0, 0.1) is 11.6 Å². The summed E-state index contributed by atoms with van der Waals surface area (Å²) in [4.78, 5) is 23.2. The normalized spacial score (nSPS) is 15.4. The number of hydrogen-bond donors (Lipinski definition) is 2. The standard InChI is InChI=1S/C16H16F2N4O3/c17-11-3-1-4-12(18)14(11)16(5-2-6-16)15(25)19-7-10-8-22(21-20-10)9-13(23)24/h1,3-4,8H,2,5-7,9H2,(H,19,25)(H,23,24). The van der Waals surface area contributed by atoms with Gasteiger partial charge in [-0.1, -0.05) is 17.7 Å². The predicted octanol–water partition coefficient (Wildman–Crippen LogP) is 1.38. The molecule has 1 aromatic carbocycles. The topological polar surface area (TPSA) is 97.1 Å². The number of amides is 1. The second-order valence-corrected chi connectivity index (χ2v) is 6.02. The Morgan fingerprint density at radius 2 is 1.96 bits per heavy atom. The van der Waals surface area contributed by atoms with Crippen molar-refractivity contribution in [1.82, 2.24) is 20.3 Å². The van der Waals surface area contributed by atoms with Gasteiger partial charge in [-0.2, -0.15) is 0 Å². The first-order chi connectivity index (χ1) is 11.9. The molecule has 25 heavy (non-hydrogen) atoms. The summed E-state index contributed by atoms with van der Waals surface area (Å²) in [7, 11) is 0. The first-order valence-electron chi connectivity index (χ1n) is 7.76. The number of carboxylic acid groups (broad SMARTS) is 1. The average molecular weight is 350 g/mol. The number of aromatic nitrogens is 3. The van der Waals surface area contributed by atoms with Gasteiger partial charge in [0.15, 0.2) is 0 Å². The van der Waals surface area contributed by atoms with Crippen LogP contribution in [0.15, 0.2) is 24.4 Å². The van der Waals surface area contributed by atoms with Gasteiger partial charge < -0.3 is 10.4 Å². The smallest absolute Gasteiger partial charge is 0.325 e. The minimum atomic E-state index is -1.22. The van der Waals surface area contributed by atoms with E-state index in [4.69, 9.17) is 5.11 Å². The number of nitrogens with one attached hydrogen (secondary N) is 1. The molecule has 0 atom stereocenters. The fourth-order valence-electron chi connectivity index (χ4n) is 3.05. The maximum Gasteiger partial charge on any atom is 0.325 e. The molecule has 132 valence electrons. The first-order valence-corrected chi connectivity index (χ1v) is 7.76. The van der Waals surface area contributed by atoms with Crippen LogP contribution >= 0.6 is 0 Å². The van der Waals surface area contributed by atoms with Gasteiger partial charge in [-0.25, -0.2) is 13.5 Å². The highest BCUT2D eigenvalue weighted by molar-refractivity contribution is 5.89. The summed E-state index contributed by atoms with van der Waals surface area (Å²) in [5.74, 6) is -3.01. The van der Waals surface area contributed by atoms with Gasteiger partial charge in [0.25, 0.3) is 0 Å². The summed E-state index contributed by atoms with van der Waals surface area (Å²) in [6, 6.07) is 3.55. The summed E-state index contributed by atoms with van der Waals surface area (Å²) in [6.07, 6.45) is 2.83. The van der Waals surface area contributed by atoms with Crippen LogP contribution in [0.25, 0.3) is 0 Å². The van der Waals surface area contributed by atoms with Crippen molar-refractivity contribution in [2.75, 3.05) is 0 Å². The highest BCUT2D eigenvalue weighted by Crippen LogP contribution is 2.46. The van der Waals surface area contributed by atoms with E-state index in [1.165, 1.54) is 12.3 Å². The molecular weight excluding hydrogens is 334 g/mol. The Balaban J connectivity index is 1.73. The van der Waals surface area contributed by atoms with Crippen LogP contribution < -0.4 is 5.32 Å². The fraction of sp³-hybridized carbons (Fsp3) is 0.375. The summed E-state index contributed by atoms with van der Waals surface area (Å²) >= 11 is 0. The third kappa shape index (κ3) is 3.21. The van der Waals surface area contributed by atoms with Gasteiger partial charge in [-0.15, -0.1) is 5.10 Å². The lowest BCUT2D eigenvalue weighted by Crippen LogP contribution is -2.50. The number of hydrogen-bond acceptors (Lipinski definition) is 4. The van der Waals surface area contributed by atoms with E-state index >= 15 is 0 Å². The van der Waals surface area contributed by atoms with Crippen LogP contribution in [0.3, 0.4) is 0 Å². The monoisotopic (exact) mass is 350 g/mol. The Kier molecular flexibility index (Phi) is 4.47. The summed E-state index contributed by atoms with van der Waals surface area (Å²) in [5.41, 5.74) is -1.06. The zero-order valence-corrected chi connectivity index (χ0v) is 13.2. The Labute approximate surface area is 141 Å². The van der Waals surface area contributed by atoms with Crippen LogP contribution in [-0.4, -0.2) is 32.0 Å². The van der Waals surface area contributed by atoms with E-state index in [1.54, 1.807) is 0 Å². The molecule has 9 heteroatoms. The molecule has 2 aromatic rings. The molecule has 0 saturated heterocycles. The Hall–Kier alpha value is -2.84. The lowest BCUT2D eigenvalue weighted by Gasteiger charge is -2.40. The van der Waals surface area contributed by atoms with Crippen molar-refractivity contribution in [2.45, 2.75) is 37.8 Å². The molecule has 1 aliphatic carbocycles. The Bertz CT molecular complexity index is 797. The summed E-state index contributed by atoms with van der Waals surface area (Å²) in [5, 5.41) is 18.7. The number of benzene rings is 1. The number of carboxylic acids is 1. The van der Waals surface area contributed by atoms with Gasteiger partial charge in [-0.3, -0.25) is 9.59 Å². The third-order valence-electron chi connectivity index (χ3n) is 4.40. The summed E-state index contributed by atoms with van der Waals surface area (Å²) < 4.78 is 29.4. The predicted molar refractivity (Wildman–Crippen MR) is 81.4 cm³/mol. The molecule has 0 bridgehead atoms. The number of rotatable bonds is 6. The average Bonchev–Trinajstić information content (AvgIpc) is 2.93. The molecule has 1 aliphatic rings. The van der Waals surface area contributed by atoms with Crippen molar-refractivity contribution in [1.29, 1.82) is 0 Å². The van der Waals surface area contributed by atoms with Crippen molar-refractivity contribution in [3.8, 4) is 0 Å². The summed E-state index contributed by atoms with van der Waals surface area (Å²) in [6.45, 7) is -0.346. The number of halogens is 2. The van der Waals surface area contributed by atoms with Crippen molar-refractivity contribution in [2.24, 2.45) is 0 Å². The van der Waals surface area contributed by atoms with E-state index in [0.717, 1.165) is 16.8 Å². The first kappa shape index (κ1) is 17.0. The van der Waals surface area contributed by atoms with Crippen molar-refractivity contribution >= 4 is 11.9 Å². The molecule has 3 rings (SSSR count). The van der Waals surface area contributed by atoms with Crippen LogP contribution in [-0.2, 0) is 28.1 Å². The molecule has 2 N–H and O–H groups in total. The molecule has 1 fully saturated rings. The Morgan fingerprint density at radius 3 is 2.52 bits per heavy atom. The lowest BCUT2D eigenvalue weighted by molar-refractivity contribution is -0.138. The van der Waals surface area contributed by atoms with Crippen LogP contribution in [0.1, 0.15) is 30.5 Å². The molecular formula is C16H16F2N4O3. The van der Waals surface area contributed by atoms with Crippen molar-refractivity contribution < 1.29 is 23.5 Å². The van der Waals surface area contributed by atoms with Gasteiger partial charge in [-0.05, 0) is 25.0 Å². The van der Waals surface area contributed by atoms with Crippen molar-refractivity contribution in [3.63, 3.8) is 0 Å². The van der Waals surface area contributed by atoms with Crippen molar-refractivity contribution in [3.05, 3.63) is 47.3 Å². The fourth-order valence-corrected chi connectivity index (χ4v) is 3.05. The second-order valence-electron chi connectivity index (χ2n) is 6.02. The Morgan fingerprint density at radius 1 is 1.28 bits per heavy atom. The maximum atomic E-state index is 14.1. The van der Waals surface area contributed by atoms with E-state index in [9.17, 15) is 18.4 Å². The zero-order chi connectivity index (χ0) is 18.0. The molecule has 0 radical (unpaired) electrons. The highest BCUT2D eigenvalue weighted by Gasteiger charge is 2.48. The van der Waals surface area contributed by atoms with Gasteiger partial charge in [0, 0.05) is 5.56 Å². The largest absolute Gasteiger partial charge is 0.480 e. The number of carbonyl (C=O) groups excluding carboxylic acids is 1. The molecule has 1 heterocycles. The molecule has 0 unspecified atom stereocenters.